The number of alkyl halides is 3. The van der Waals surface area contributed by atoms with Crippen LogP contribution in [0.15, 0.2) is 103 Å². The molecule has 10 nitrogen and oxygen atoms in total. The summed E-state index contributed by atoms with van der Waals surface area (Å²) in [6, 6.07) is 25.0. The molecule has 5 aromatic rings. The maximum atomic E-state index is 14.6. The fourth-order valence-corrected chi connectivity index (χ4v) is 6.18. The number of halogens is 3. The minimum Gasteiger partial charge on any atom is -0.457 e. The minimum absolute atomic E-state index is 0.00712. The number of fused-ring (bicyclic) bond motifs is 1. The van der Waals surface area contributed by atoms with E-state index in [4.69, 9.17) is 9.47 Å². The molecule has 266 valence electrons. The summed E-state index contributed by atoms with van der Waals surface area (Å²) in [5.41, 5.74) is -0.181. The zero-order valence-corrected chi connectivity index (χ0v) is 27.8. The van der Waals surface area contributed by atoms with Gasteiger partial charge in [-0.1, -0.05) is 60.7 Å². The molecule has 1 aromatic heterocycles. The maximum absolute atomic E-state index is 14.6. The van der Waals surface area contributed by atoms with E-state index in [-0.39, 0.29) is 48.3 Å². The van der Waals surface area contributed by atoms with Crippen LogP contribution in [-0.4, -0.2) is 47.4 Å². The molecule has 1 aliphatic heterocycles. The molecule has 4 aromatic carbocycles. The molecule has 1 aliphatic carbocycles. The zero-order chi connectivity index (χ0) is 36.2. The highest BCUT2D eigenvalue weighted by atomic mass is 19.4. The fourth-order valence-electron chi connectivity index (χ4n) is 6.18. The molecular weight excluding hydrogens is 675 g/mol. The lowest BCUT2D eigenvalue weighted by Gasteiger charge is -2.36. The van der Waals surface area contributed by atoms with Gasteiger partial charge in [0.2, 0.25) is 5.91 Å². The third kappa shape index (κ3) is 7.84. The first-order valence-corrected chi connectivity index (χ1v) is 16.8. The van der Waals surface area contributed by atoms with Gasteiger partial charge in [-0.05, 0) is 59.7 Å². The number of nitrogens with one attached hydrogen (secondary N) is 3. The van der Waals surface area contributed by atoms with E-state index in [1.54, 1.807) is 72.8 Å². The number of nitrogens with zero attached hydrogens (tertiary/aromatic N) is 2. The lowest BCUT2D eigenvalue weighted by molar-refractivity contribution is -0.138. The molecule has 3 N–H and O–H groups in total. The highest BCUT2D eigenvalue weighted by molar-refractivity contribution is 6.13. The van der Waals surface area contributed by atoms with Gasteiger partial charge in [-0.25, -0.2) is 9.78 Å². The number of rotatable bonds is 9. The van der Waals surface area contributed by atoms with Crippen molar-refractivity contribution in [1.29, 1.82) is 0 Å². The first-order chi connectivity index (χ1) is 25.1. The lowest BCUT2D eigenvalue weighted by atomic mass is 9.96. The monoisotopic (exact) mass is 709 g/mol. The summed E-state index contributed by atoms with van der Waals surface area (Å²) in [6.07, 6.45) is -2.28. The summed E-state index contributed by atoms with van der Waals surface area (Å²) >= 11 is 0. The van der Waals surface area contributed by atoms with Crippen LogP contribution in [-0.2, 0) is 22.3 Å². The van der Waals surface area contributed by atoms with E-state index in [1.165, 1.54) is 23.2 Å². The molecule has 0 spiro atoms. The number of hydrogen-bond acceptors (Lipinski definition) is 7. The molecule has 13 heteroatoms. The summed E-state index contributed by atoms with van der Waals surface area (Å²) < 4.78 is 55.4. The number of anilines is 2. The smallest absolute Gasteiger partial charge is 0.416 e. The second-order valence-corrected chi connectivity index (χ2v) is 12.6. The first-order valence-electron chi connectivity index (χ1n) is 16.8. The average Bonchev–Trinajstić information content (AvgIpc) is 4.00. The number of carbonyl (C=O) groups is 3. The van der Waals surface area contributed by atoms with Crippen molar-refractivity contribution in [2.24, 2.45) is 5.92 Å². The Morgan fingerprint density at radius 2 is 1.67 bits per heavy atom. The molecular formula is C39H34F3N5O5. The molecule has 2 aliphatic rings. The summed E-state index contributed by atoms with van der Waals surface area (Å²) in [4.78, 5) is 44.4. The van der Waals surface area contributed by atoms with Crippen LogP contribution in [0.25, 0.3) is 10.8 Å². The second kappa shape index (κ2) is 14.7. The van der Waals surface area contributed by atoms with Gasteiger partial charge in [0.1, 0.15) is 23.9 Å². The average molecular weight is 710 g/mol. The van der Waals surface area contributed by atoms with Gasteiger partial charge >= 0.3 is 12.3 Å². The molecule has 1 unspecified atom stereocenters. The molecule has 2 fully saturated rings. The van der Waals surface area contributed by atoms with Crippen molar-refractivity contribution in [3.8, 4) is 11.5 Å². The number of benzene rings is 4. The van der Waals surface area contributed by atoms with Crippen LogP contribution in [0.3, 0.4) is 0 Å². The van der Waals surface area contributed by atoms with Crippen molar-refractivity contribution in [3.05, 3.63) is 126 Å². The molecule has 3 amide bonds. The number of piperazine rings is 1. The number of amides is 3. The van der Waals surface area contributed by atoms with Crippen LogP contribution < -0.4 is 20.7 Å². The summed E-state index contributed by atoms with van der Waals surface area (Å²) in [6.45, 7) is 0.623. The van der Waals surface area contributed by atoms with Crippen LogP contribution in [0.5, 0.6) is 11.5 Å². The maximum Gasteiger partial charge on any atom is 0.416 e. The van der Waals surface area contributed by atoms with E-state index in [1.807, 2.05) is 6.07 Å². The van der Waals surface area contributed by atoms with Gasteiger partial charge in [0.15, 0.2) is 0 Å². The number of aromatic nitrogens is 1. The normalized spacial score (nSPS) is 15.9. The predicted octanol–water partition coefficient (Wildman–Crippen LogP) is 7.93. The zero-order valence-electron chi connectivity index (χ0n) is 27.8. The van der Waals surface area contributed by atoms with Crippen molar-refractivity contribution in [3.63, 3.8) is 0 Å². The Hall–Kier alpha value is -5.95. The van der Waals surface area contributed by atoms with Crippen LogP contribution in [0.4, 0.5) is 29.5 Å². The van der Waals surface area contributed by atoms with Crippen molar-refractivity contribution < 1.29 is 37.0 Å². The van der Waals surface area contributed by atoms with Gasteiger partial charge in [-0.15, -0.1) is 0 Å². The Morgan fingerprint density at radius 1 is 0.885 bits per heavy atom. The molecule has 1 saturated carbocycles. The van der Waals surface area contributed by atoms with E-state index in [2.05, 4.69) is 20.9 Å². The van der Waals surface area contributed by atoms with Gasteiger partial charge in [0.05, 0.1) is 11.6 Å². The van der Waals surface area contributed by atoms with E-state index in [0.717, 1.165) is 24.5 Å². The summed E-state index contributed by atoms with van der Waals surface area (Å²) in [7, 11) is 0. The van der Waals surface area contributed by atoms with Crippen molar-refractivity contribution in [2.45, 2.75) is 31.7 Å². The largest absolute Gasteiger partial charge is 0.457 e. The predicted molar refractivity (Wildman–Crippen MR) is 188 cm³/mol. The van der Waals surface area contributed by atoms with Gasteiger partial charge in [0.25, 0.3) is 5.91 Å². The fraction of sp³-hybridized carbons (Fsp3) is 0.231. The van der Waals surface area contributed by atoms with E-state index in [0.29, 0.717) is 34.6 Å². The van der Waals surface area contributed by atoms with Gasteiger partial charge < -0.3 is 25.4 Å². The molecule has 0 bridgehead atoms. The number of hydrogen-bond donors (Lipinski definition) is 3. The first kappa shape index (κ1) is 34.5. The molecule has 0 radical (unpaired) electrons. The second-order valence-electron chi connectivity index (χ2n) is 12.6. The quantitative estimate of drug-likeness (QED) is 0.142. The molecule has 1 atom stereocenters. The number of carbonyl (C=O) groups excluding carboxylic acids is 3. The van der Waals surface area contributed by atoms with Crippen LogP contribution in [0.2, 0.25) is 0 Å². The highest BCUT2D eigenvalue weighted by Gasteiger charge is 2.39. The van der Waals surface area contributed by atoms with Crippen molar-refractivity contribution in [2.75, 3.05) is 30.3 Å². The Morgan fingerprint density at radius 3 is 2.46 bits per heavy atom. The summed E-state index contributed by atoms with van der Waals surface area (Å²) in [5.74, 6) is 0.494. The Labute approximate surface area is 296 Å². The van der Waals surface area contributed by atoms with Crippen LogP contribution in [0, 0.1) is 5.92 Å². The van der Waals surface area contributed by atoms with Crippen LogP contribution in [0.1, 0.15) is 45.9 Å². The standard InChI is InChI=1S/C39H34F3N5O5/c40-39(41,42)32-20-26(14-15-31(32)33-22-43-18-19-47(33)38(50)51-23-24-6-2-1-3-7-24)45-37(49)30-10-4-9-29-28(30)8-5-11-34(29)52-27-16-17-44-35(21-27)46-36(48)25-12-13-25/h1-11,14-17,20-21,25,33,43H,12-13,18-19,22-23H2,(H,45,49)(H,44,46,48). The molecule has 1 saturated heterocycles. The van der Waals surface area contributed by atoms with E-state index < -0.39 is 29.8 Å². The number of pyridine rings is 1. The van der Waals surface area contributed by atoms with Gasteiger partial charge in [-0.2, -0.15) is 13.2 Å². The highest BCUT2D eigenvalue weighted by Crippen LogP contribution is 2.39. The van der Waals surface area contributed by atoms with Crippen molar-refractivity contribution in [1.82, 2.24) is 15.2 Å². The van der Waals surface area contributed by atoms with Gasteiger partial charge in [0, 0.05) is 54.5 Å². The Balaban J connectivity index is 1.10. The lowest BCUT2D eigenvalue weighted by Crippen LogP contribution is -2.49. The Bertz CT molecular complexity index is 2120. The Kier molecular flexibility index (Phi) is 9.77. The third-order valence-corrected chi connectivity index (χ3v) is 8.94. The molecule has 7 rings (SSSR count). The SMILES string of the molecule is O=C(Nc1ccc(C2CNCCN2C(=O)OCc2ccccc2)c(C(F)(F)F)c1)c1cccc2c(Oc3ccnc(NC(=O)C4CC4)c3)cccc12. The van der Waals surface area contributed by atoms with Gasteiger partial charge in [-0.3, -0.25) is 14.5 Å². The van der Waals surface area contributed by atoms with Crippen LogP contribution >= 0.6 is 0 Å². The van der Waals surface area contributed by atoms with Crippen molar-refractivity contribution >= 4 is 40.2 Å². The summed E-state index contributed by atoms with van der Waals surface area (Å²) in [5, 5.41) is 9.59. The molecule has 52 heavy (non-hydrogen) atoms. The van der Waals surface area contributed by atoms with E-state index >= 15 is 0 Å². The minimum atomic E-state index is -4.79. The molecule has 2 heterocycles. The third-order valence-electron chi connectivity index (χ3n) is 8.94. The topological polar surface area (TPSA) is 122 Å². The number of ether oxygens (including phenoxy) is 2. The van der Waals surface area contributed by atoms with E-state index in [9.17, 15) is 27.6 Å².